The van der Waals surface area contributed by atoms with Gasteiger partial charge in [-0.3, -0.25) is 4.90 Å². The smallest absolute Gasteiger partial charge is 0.159 e. The van der Waals surface area contributed by atoms with Gasteiger partial charge in [-0.1, -0.05) is 54.6 Å². The fraction of sp³-hybridized carbons (Fsp3) is 0.400. The molecule has 0 radical (unpaired) electrons. The second kappa shape index (κ2) is 6.08. The summed E-state index contributed by atoms with van der Waals surface area (Å²) >= 11 is 0. The van der Waals surface area contributed by atoms with Crippen LogP contribution >= 0.6 is 0 Å². The molecule has 0 saturated carbocycles. The SMILES string of the molecule is O[C@H]1Cc2ccccc2C2(CCN(Cc3ccccc3)CC2)O1. The van der Waals surface area contributed by atoms with Gasteiger partial charge in [0, 0.05) is 26.1 Å². The van der Waals surface area contributed by atoms with E-state index < -0.39 is 6.29 Å². The first-order valence-electron chi connectivity index (χ1n) is 8.46. The molecule has 0 unspecified atom stereocenters. The van der Waals surface area contributed by atoms with Crippen LogP contribution in [-0.4, -0.2) is 29.4 Å². The number of benzene rings is 2. The Hall–Kier alpha value is -1.68. The number of fused-ring (bicyclic) bond motifs is 2. The van der Waals surface area contributed by atoms with Gasteiger partial charge in [-0.2, -0.15) is 0 Å². The summed E-state index contributed by atoms with van der Waals surface area (Å²) in [5.41, 5.74) is 3.57. The standard InChI is InChI=1S/C20H23NO2/c22-19-14-17-8-4-5-9-18(17)20(23-19)10-12-21(13-11-20)15-16-6-2-1-3-7-16/h1-9,19,22H,10-15H2/t19-/m1/s1. The van der Waals surface area contributed by atoms with Crippen molar-refractivity contribution in [1.82, 2.24) is 4.90 Å². The van der Waals surface area contributed by atoms with E-state index in [1.807, 2.05) is 0 Å². The number of nitrogens with zero attached hydrogens (tertiary/aromatic N) is 1. The van der Waals surface area contributed by atoms with Crippen molar-refractivity contribution in [2.24, 2.45) is 0 Å². The maximum Gasteiger partial charge on any atom is 0.159 e. The van der Waals surface area contributed by atoms with Crippen molar-refractivity contribution in [2.75, 3.05) is 13.1 Å². The molecule has 120 valence electrons. The quantitative estimate of drug-likeness (QED) is 0.925. The Morgan fingerprint density at radius 3 is 2.48 bits per heavy atom. The molecule has 4 rings (SSSR count). The highest BCUT2D eigenvalue weighted by molar-refractivity contribution is 5.35. The fourth-order valence-electron chi connectivity index (χ4n) is 4.00. The van der Waals surface area contributed by atoms with Crippen LogP contribution in [0.15, 0.2) is 54.6 Å². The first-order valence-corrected chi connectivity index (χ1v) is 8.46. The summed E-state index contributed by atoms with van der Waals surface area (Å²) in [6.45, 7) is 2.98. The van der Waals surface area contributed by atoms with Gasteiger partial charge in [0.1, 0.15) is 0 Å². The third-order valence-corrected chi connectivity index (χ3v) is 5.18. The number of aliphatic hydroxyl groups excluding tert-OH is 1. The molecule has 3 heteroatoms. The van der Waals surface area contributed by atoms with Crippen LogP contribution in [-0.2, 0) is 23.3 Å². The van der Waals surface area contributed by atoms with Gasteiger partial charge in [-0.15, -0.1) is 0 Å². The van der Waals surface area contributed by atoms with Gasteiger partial charge in [0.25, 0.3) is 0 Å². The molecule has 0 aliphatic carbocycles. The Kier molecular flexibility index (Phi) is 3.93. The first kappa shape index (κ1) is 14.9. The van der Waals surface area contributed by atoms with E-state index in [1.165, 1.54) is 16.7 Å². The lowest BCUT2D eigenvalue weighted by Gasteiger charge is -2.46. The normalized spacial score (nSPS) is 23.6. The first-order chi connectivity index (χ1) is 11.3. The van der Waals surface area contributed by atoms with Crippen LogP contribution < -0.4 is 0 Å². The number of likely N-dealkylation sites (tertiary alicyclic amines) is 1. The molecular formula is C20H23NO2. The molecule has 0 bridgehead atoms. The number of ether oxygens (including phenoxy) is 1. The van der Waals surface area contributed by atoms with Crippen LogP contribution in [0.25, 0.3) is 0 Å². The molecule has 1 atom stereocenters. The van der Waals surface area contributed by atoms with Crippen LogP contribution in [0.3, 0.4) is 0 Å². The van der Waals surface area contributed by atoms with E-state index in [2.05, 4.69) is 59.5 Å². The van der Waals surface area contributed by atoms with Crippen LogP contribution in [0, 0.1) is 0 Å². The van der Waals surface area contributed by atoms with E-state index in [1.54, 1.807) is 0 Å². The van der Waals surface area contributed by atoms with E-state index in [0.29, 0.717) is 6.42 Å². The molecular weight excluding hydrogens is 286 g/mol. The summed E-state index contributed by atoms with van der Waals surface area (Å²) < 4.78 is 6.07. The highest BCUT2D eigenvalue weighted by Crippen LogP contribution is 2.42. The number of rotatable bonds is 2. The van der Waals surface area contributed by atoms with E-state index >= 15 is 0 Å². The summed E-state index contributed by atoms with van der Waals surface area (Å²) in [4.78, 5) is 2.48. The number of aliphatic hydroxyl groups is 1. The number of piperidine rings is 1. The van der Waals surface area contributed by atoms with Gasteiger partial charge in [0.15, 0.2) is 6.29 Å². The van der Waals surface area contributed by atoms with Gasteiger partial charge >= 0.3 is 0 Å². The zero-order valence-corrected chi connectivity index (χ0v) is 13.3. The number of hydrogen-bond donors (Lipinski definition) is 1. The predicted octanol–water partition coefficient (Wildman–Crippen LogP) is 3.07. The maximum atomic E-state index is 10.1. The minimum atomic E-state index is -0.675. The van der Waals surface area contributed by atoms with Gasteiger partial charge in [-0.25, -0.2) is 0 Å². The maximum absolute atomic E-state index is 10.1. The average molecular weight is 309 g/mol. The van der Waals surface area contributed by atoms with E-state index in [0.717, 1.165) is 32.5 Å². The minimum absolute atomic E-state index is 0.304. The number of hydrogen-bond acceptors (Lipinski definition) is 3. The predicted molar refractivity (Wildman–Crippen MR) is 89.9 cm³/mol. The molecule has 0 amide bonds. The van der Waals surface area contributed by atoms with Crippen molar-refractivity contribution in [2.45, 2.75) is 37.7 Å². The monoisotopic (exact) mass is 309 g/mol. The molecule has 2 aromatic rings. The van der Waals surface area contributed by atoms with Crippen molar-refractivity contribution in [3.05, 3.63) is 71.3 Å². The molecule has 0 aromatic heterocycles. The second-order valence-corrected chi connectivity index (χ2v) is 6.69. The van der Waals surface area contributed by atoms with E-state index in [4.69, 9.17) is 4.74 Å². The summed E-state index contributed by atoms with van der Waals surface area (Å²) in [7, 11) is 0. The molecule has 1 spiro atoms. The molecule has 2 heterocycles. The third-order valence-electron chi connectivity index (χ3n) is 5.18. The Labute approximate surface area is 137 Å². The van der Waals surface area contributed by atoms with Crippen molar-refractivity contribution >= 4 is 0 Å². The molecule has 23 heavy (non-hydrogen) atoms. The summed E-state index contributed by atoms with van der Waals surface area (Å²) in [6.07, 6.45) is 1.80. The zero-order valence-electron chi connectivity index (χ0n) is 13.3. The average Bonchev–Trinajstić information content (AvgIpc) is 2.58. The summed E-state index contributed by atoms with van der Waals surface area (Å²) in [5, 5.41) is 10.1. The van der Waals surface area contributed by atoms with E-state index in [9.17, 15) is 5.11 Å². The largest absolute Gasteiger partial charge is 0.368 e. The topological polar surface area (TPSA) is 32.7 Å². The van der Waals surface area contributed by atoms with Crippen LogP contribution in [0.1, 0.15) is 29.5 Å². The highest BCUT2D eigenvalue weighted by atomic mass is 16.6. The van der Waals surface area contributed by atoms with Crippen molar-refractivity contribution in [1.29, 1.82) is 0 Å². The molecule has 1 saturated heterocycles. The minimum Gasteiger partial charge on any atom is -0.368 e. The lowest BCUT2D eigenvalue weighted by atomic mass is 9.79. The Morgan fingerprint density at radius 1 is 1.00 bits per heavy atom. The molecule has 3 nitrogen and oxygen atoms in total. The summed E-state index contributed by atoms with van der Waals surface area (Å²) in [5.74, 6) is 0. The van der Waals surface area contributed by atoms with Gasteiger partial charge in [-0.05, 0) is 29.5 Å². The molecule has 1 N–H and O–H groups in total. The van der Waals surface area contributed by atoms with E-state index in [-0.39, 0.29) is 5.60 Å². The van der Waals surface area contributed by atoms with Crippen molar-refractivity contribution < 1.29 is 9.84 Å². The Bertz CT molecular complexity index is 662. The van der Waals surface area contributed by atoms with Gasteiger partial charge in [0.2, 0.25) is 0 Å². The zero-order chi connectivity index (χ0) is 15.7. The van der Waals surface area contributed by atoms with Crippen molar-refractivity contribution in [3.63, 3.8) is 0 Å². The lowest BCUT2D eigenvalue weighted by Crippen LogP contribution is -2.48. The van der Waals surface area contributed by atoms with Crippen LogP contribution in [0.2, 0.25) is 0 Å². The highest BCUT2D eigenvalue weighted by Gasteiger charge is 2.43. The van der Waals surface area contributed by atoms with Crippen molar-refractivity contribution in [3.8, 4) is 0 Å². The van der Waals surface area contributed by atoms with Gasteiger partial charge in [0.05, 0.1) is 5.60 Å². The molecule has 2 aliphatic heterocycles. The third kappa shape index (κ3) is 2.92. The van der Waals surface area contributed by atoms with Gasteiger partial charge < -0.3 is 9.84 Å². The lowest BCUT2D eigenvalue weighted by molar-refractivity contribution is -0.215. The summed E-state index contributed by atoms with van der Waals surface area (Å²) in [6, 6.07) is 19.0. The second-order valence-electron chi connectivity index (χ2n) is 6.69. The van der Waals surface area contributed by atoms with Crippen LogP contribution in [0.5, 0.6) is 0 Å². The van der Waals surface area contributed by atoms with Crippen LogP contribution in [0.4, 0.5) is 0 Å². The Morgan fingerprint density at radius 2 is 1.70 bits per heavy atom. The fourth-order valence-corrected chi connectivity index (χ4v) is 4.00. The molecule has 2 aliphatic rings. The Balaban J connectivity index is 1.50. The molecule has 2 aromatic carbocycles. The molecule has 1 fully saturated rings.